The lowest BCUT2D eigenvalue weighted by atomic mass is 10.0. The molecule has 2 heterocycles. The Morgan fingerprint density at radius 2 is 1.95 bits per heavy atom. The minimum Gasteiger partial charge on any atom is -0.444 e. The largest absolute Gasteiger partial charge is 0.444 e. The van der Waals surface area contributed by atoms with Crippen LogP contribution in [0.1, 0.15) is 51.6 Å². The summed E-state index contributed by atoms with van der Waals surface area (Å²) in [7, 11) is 0. The van der Waals surface area contributed by atoms with Crippen LogP contribution in [-0.4, -0.2) is 39.1 Å². The van der Waals surface area contributed by atoms with Gasteiger partial charge in [-0.05, 0) is 48.5 Å². The highest BCUT2D eigenvalue weighted by Gasteiger charge is 2.55. The Bertz CT molecular complexity index is 550. The molecule has 2 rings (SSSR count). The van der Waals surface area contributed by atoms with Crippen molar-refractivity contribution in [2.24, 2.45) is 0 Å². The van der Waals surface area contributed by atoms with Crippen LogP contribution in [0.5, 0.6) is 0 Å². The third-order valence-electron chi connectivity index (χ3n) is 3.30. The molecule has 0 spiro atoms. The molecule has 1 saturated heterocycles. The molecule has 1 atom stereocenters. The Morgan fingerprint density at radius 3 is 2.43 bits per heavy atom. The van der Waals surface area contributed by atoms with Crippen LogP contribution in [0, 0.1) is 6.92 Å². The number of carbonyl (C=O) groups is 1. The first-order valence-electron chi connectivity index (χ1n) is 6.94. The molecule has 1 amide bonds. The summed E-state index contributed by atoms with van der Waals surface area (Å²) in [4.78, 5) is 14.3. The van der Waals surface area contributed by atoms with Crippen LogP contribution in [0.3, 0.4) is 0 Å². The van der Waals surface area contributed by atoms with Gasteiger partial charge in [-0.3, -0.25) is 4.90 Å². The van der Waals surface area contributed by atoms with E-state index in [9.17, 15) is 4.79 Å². The van der Waals surface area contributed by atoms with E-state index in [1.54, 1.807) is 4.90 Å². The molecule has 1 aliphatic rings. The number of carbonyl (C=O) groups excluding carboxylic acids is 1. The van der Waals surface area contributed by atoms with Gasteiger partial charge in [-0.2, -0.15) is 0 Å². The van der Waals surface area contributed by atoms with E-state index in [0.29, 0.717) is 6.61 Å². The van der Waals surface area contributed by atoms with Crippen molar-refractivity contribution in [3.05, 3.63) is 10.0 Å². The Labute approximate surface area is 129 Å². The van der Waals surface area contributed by atoms with Gasteiger partial charge in [-0.25, -0.2) is 4.79 Å². The maximum Gasteiger partial charge on any atom is 0.413 e. The van der Waals surface area contributed by atoms with Crippen LogP contribution >= 0.6 is 11.3 Å². The molecule has 21 heavy (non-hydrogen) atoms. The fourth-order valence-electron chi connectivity index (χ4n) is 2.44. The Kier molecular flexibility index (Phi) is 3.78. The zero-order valence-electron chi connectivity index (χ0n) is 13.7. The third-order valence-corrected chi connectivity index (χ3v) is 4.39. The molecule has 1 aliphatic heterocycles. The maximum absolute atomic E-state index is 12.7. The van der Waals surface area contributed by atoms with Crippen LogP contribution < -0.4 is 0 Å². The van der Waals surface area contributed by atoms with Gasteiger partial charge >= 0.3 is 6.09 Å². The lowest BCUT2D eigenvalue weighted by molar-refractivity contribution is -0.0685. The monoisotopic (exact) mass is 313 g/mol. The van der Waals surface area contributed by atoms with E-state index in [0.717, 1.165) is 10.0 Å². The van der Waals surface area contributed by atoms with Crippen molar-refractivity contribution >= 4 is 17.4 Å². The average Bonchev–Trinajstić information content (AvgIpc) is 2.80. The molecule has 0 bridgehead atoms. The van der Waals surface area contributed by atoms with Gasteiger partial charge in [0.25, 0.3) is 0 Å². The summed E-state index contributed by atoms with van der Waals surface area (Å²) >= 11 is 1.47. The zero-order valence-corrected chi connectivity index (χ0v) is 14.5. The van der Waals surface area contributed by atoms with Gasteiger partial charge in [-0.1, -0.05) is 11.3 Å². The lowest BCUT2D eigenvalue weighted by Crippen LogP contribution is -2.54. The Morgan fingerprint density at radius 1 is 1.33 bits per heavy atom. The second-order valence-electron chi connectivity index (χ2n) is 6.95. The number of hydrogen-bond acceptors (Lipinski definition) is 6. The van der Waals surface area contributed by atoms with E-state index in [2.05, 4.69) is 10.2 Å². The Balaban J connectivity index is 2.39. The molecule has 0 aromatic carbocycles. The molecule has 1 aromatic heterocycles. The van der Waals surface area contributed by atoms with Gasteiger partial charge in [0, 0.05) is 0 Å². The molecule has 6 nitrogen and oxygen atoms in total. The van der Waals surface area contributed by atoms with Crippen LogP contribution in [-0.2, 0) is 15.0 Å². The minimum atomic E-state index is -0.753. The van der Waals surface area contributed by atoms with E-state index < -0.39 is 23.0 Å². The topological polar surface area (TPSA) is 64.6 Å². The van der Waals surface area contributed by atoms with Crippen molar-refractivity contribution in [1.82, 2.24) is 15.1 Å². The van der Waals surface area contributed by atoms with Crippen molar-refractivity contribution in [2.45, 2.75) is 65.3 Å². The zero-order chi connectivity index (χ0) is 16.1. The smallest absolute Gasteiger partial charge is 0.413 e. The molecule has 1 fully saturated rings. The van der Waals surface area contributed by atoms with E-state index in [1.165, 1.54) is 11.3 Å². The highest BCUT2D eigenvalue weighted by molar-refractivity contribution is 7.11. The molecule has 118 valence electrons. The van der Waals surface area contributed by atoms with Crippen LogP contribution in [0.2, 0.25) is 0 Å². The van der Waals surface area contributed by atoms with Gasteiger partial charge in [0.2, 0.25) is 0 Å². The number of hydrogen-bond donors (Lipinski definition) is 0. The minimum absolute atomic E-state index is 0.369. The summed E-state index contributed by atoms with van der Waals surface area (Å²) in [6.45, 7) is 13.5. The summed E-state index contributed by atoms with van der Waals surface area (Å²) < 4.78 is 11.4. The second-order valence-corrected chi connectivity index (χ2v) is 8.13. The molecular weight excluding hydrogens is 290 g/mol. The van der Waals surface area contributed by atoms with E-state index in [1.807, 2.05) is 48.5 Å². The van der Waals surface area contributed by atoms with E-state index >= 15 is 0 Å². The number of nitrogens with zero attached hydrogens (tertiary/aromatic N) is 3. The van der Waals surface area contributed by atoms with Gasteiger partial charge in [0.15, 0.2) is 0 Å². The summed E-state index contributed by atoms with van der Waals surface area (Å²) in [5, 5.41) is 9.88. The summed E-state index contributed by atoms with van der Waals surface area (Å²) in [6.07, 6.45) is -0.402. The van der Waals surface area contributed by atoms with Gasteiger partial charge in [0.05, 0.1) is 6.61 Å². The van der Waals surface area contributed by atoms with Crippen molar-refractivity contribution in [2.75, 3.05) is 6.61 Å². The molecule has 7 heteroatoms. The molecule has 0 unspecified atom stereocenters. The fourth-order valence-corrected chi connectivity index (χ4v) is 3.25. The first-order valence-corrected chi connectivity index (χ1v) is 7.75. The molecule has 0 aliphatic carbocycles. The Hall–Kier alpha value is -1.21. The number of aromatic nitrogens is 2. The van der Waals surface area contributed by atoms with Crippen LogP contribution in [0.15, 0.2) is 0 Å². The summed E-state index contributed by atoms with van der Waals surface area (Å²) in [5.41, 5.74) is -1.98. The SMILES string of the molecule is Cc1nnc([C@]2(C)COC(C)(C)N2C(=O)OC(C)(C)C)s1. The van der Waals surface area contributed by atoms with Crippen molar-refractivity contribution in [3.63, 3.8) is 0 Å². The highest BCUT2D eigenvalue weighted by atomic mass is 32.1. The predicted octanol–water partition coefficient (Wildman–Crippen LogP) is 3.07. The number of aryl methyl sites for hydroxylation is 1. The standard InChI is InChI=1S/C14H23N3O3S/c1-9-15-16-10(21-9)14(7)8-19-13(5,6)17(14)11(18)20-12(2,3)4/h8H2,1-7H3/t14-/m0/s1. The van der Waals surface area contributed by atoms with E-state index in [4.69, 9.17) is 9.47 Å². The van der Waals surface area contributed by atoms with Gasteiger partial charge in [0.1, 0.15) is 26.9 Å². The summed E-state index contributed by atoms with van der Waals surface area (Å²) in [5.74, 6) is 0. The molecule has 1 aromatic rings. The lowest BCUT2D eigenvalue weighted by Gasteiger charge is -2.39. The normalized spacial score (nSPS) is 25.2. The van der Waals surface area contributed by atoms with Gasteiger partial charge in [-0.15, -0.1) is 10.2 Å². The quantitative estimate of drug-likeness (QED) is 0.797. The first-order chi connectivity index (χ1) is 9.46. The number of amides is 1. The predicted molar refractivity (Wildman–Crippen MR) is 80.1 cm³/mol. The van der Waals surface area contributed by atoms with Gasteiger partial charge < -0.3 is 9.47 Å². The molecule has 0 saturated carbocycles. The van der Waals surface area contributed by atoms with Crippen molar-refractivity contribution < 1.29 is 14.3 Å². The van der Waals surface area contributed by atoms with Crippen LogP contribution in [0.25, 0.3) is 0 Å². The molecule has 0 N–H and O–H groups in total. The van der Waals surface area contributed by atoms with Crippen LogP contribution in [0.4, 0.5) is 4.79 Å². The van der Waals surface area contributed by atoms with Crippen molar-refractivity contribution in [3.8, 4) is 0 Å². The van der Waals surface area contributed by atoms with Crippen molar-refractivity contribution in [1.29, 1.82) is 0 Å². The second kappa shape index (κ2) is 4.91. The van der Waals surface area contributed by atoms with E-state index in [-0.39, 0.29) is 0 Å². The highest BCUT2D eigenvalue weighted by Crippen LogP contribution is 2.43. The maximum atomic E-state index is 12.7. The number of rotatable bonds is 1. The number of ether oxygens (including phenoxy) is 2. The molecule has 0 radical (unpaired) electrons. The molecular formula is C14H23N3O3S. The fraction of sp³-hybridized carbons (Fsp3) is 0.786. The average molecular weight is 313 g/mol. The summed E-state index contributed by atoms with van der Waals surface area (Å²) in [6, 6.07) is 0. The third kappa shape index (κ3) is 3.03. The first kappa shape index (κ1) is 16.2.